The highest BCUT2D eigenvalue weighted by molar-refractivity contribution is 4.91. The molecule has 0 saturated heterocycles. The van der Waals surface area contributed by atoms with Gasteiger partial charge in [0, 0.05) is 18.1 Å². The van der Waals surface area contributed by atoms with E-state index in [1.54, 1.807) is 0 Å². The molecule has 0 aromatic heterocycles. The van der Waals surface area contributed by atoms with Crippen LogP contribution < -0.4 is 11.1 Å². The van der Waals surface area contributed by atoms with Crippen molar-refractivity contribution in [2.45, 2.75) is 62.8 Å². The van der Waals surface area contributed by atoms with Crippen molar-refractivity contribution in [2.24, 2.45) is 5.73 Å². The Kier molecular flexibility index (Phi) is 2.86. The zero-order valence-electron chi connectivity index (χ0n) is 8.08. The Balaban J connectivity index is 1.69. The van der Waals surface area contributed by atoms with Gasteiger partial charge < -0.3 is 16.2 Å². The number of aliphatic hydroxyl groups is 1. The molecular formula is C10H20N2O. The SMILES string of the molecule is NC1CC(NC2CCCC(O)C2)C1. The van der Waals surface area contributed by atoms with Crippen LogP contribution in [0.3, 0.4) is 0 Å². The van der Waals surface area contributed by atoms with Gasteiger partial charge in [-0.15, -0.1) is 0 Å². The molecule has 3 nitrogen and oxygen atoms in total. The van der Waals surface area contributed by atoms with Crippen LogP contribution in [-0.4, -0.2) is 29.3 Å². The van der Waals surface area contributed by atoms with Crippen LogP contribution in [0, 0.1) is 0 Å². The topological polar surface area (TPSA) is 58.3 Å². The standard InChI is InChI=1S/C10H20N2O/c11-7-4-9(5-7)12-8-2-1-3-10(13)6-8/h7-10,12-13H,1-6,11H2. The van der Waals surface area contributed by atoms with Gasteiger partial charge in [0.1, 0.15) is 0 Å². The highest BCUT2D eigenvalue weighted by Gasteiger charge is 2.29. The van der Waals surface area contributed by atoms with E-state index in [0.29, 0.717) is 18.1 Å². The molecule has 0 aromatic carbocycles. The second-order valence-electron chi connectivity index (χ2n) is 4.61. The van der Waals surface area contributed by atoms with Gasteiger partial charge in [-0.05, 0) is 38.5 Å². The predicted octanol–water partition coefficient (Wildman–Crippen LogP) is 0.369. The molecule has 2 saturated carbocycles. The first-order chi connectivity index (χ1) is 6.24. The van der Waals surface area contributed by atoms with Gasteiger partial charge in [-0.25, -0.2) is 0 Å². The summed E-state index contributed by atoms with van der Waals surface area (Å²) in [5.41, 5.74) is 5.71. The lowest BCUT2D eigenvalue weighted by molar-refractivity contribution is 0.102. The van der Waals surface area contributed by atoms with Crippen molar-refractivity contribution in [2.75, 3.05) is 0 Å². The highest BCUT2D eigenvalue weighted by Crippen LogP contribution is 2.23. The maximum Gasteiger partial charge on any atom is 0.0555 e. The van der Waals surface area contributed by atoms with Crippen LogP contribution in [0.5, 0.6) is 0 Å². The fraction of sp³-hybridized carbons (Fsp3) is 1.00. The summed E-state index contributed by atoms with van der Waals surface area (Å²) in [7, 11) is 0. The molecule has 0 bridgehead atoms. The van der Waals surface area contributed by atoms with E-state index in [0.717, 1.165) is 32.1 Å². The summed E-state index contributed by atoms with van der Waals surface area (Å²) < 4.78 is 0. The lowest BCUT2D eigenvalue weighted by Gasteiger charge is -2.38. The third-order valence-electron chi connectivity index (χ3n) is 3.29. The molecule has 13 heavy (non-hydrogen) atoms. The molecule has 2 aliphatic rings. The van der Waals surface area contributed by atoms with Crippen molar-refractivity contribution in [1.29, 1.82) is 0 Å². The second-order valence-corrected chi connectivity index (χ2v) is 4.61. The Morgan fingerprint density at radius 1 is 1.08 bits per heavy atom. The number of aliphatic hydroxyl groups excluding tert-OH is 1. The number of rotatable bonds is 2. The van der Waals surface area contributed by atoms with Crippen molar-refractivity contribution in [3.05, 3.63) is 0 Å². The third-order valence-corrected chi connectivity index (χ3v) is 3.29. The van der Waals surface area contributed by atoms with Crippen LogP contribution in [0.4, 0.5) is 0 Å². The molecule has 2 atom stereocenters. The predicted molar refractivity (Wildman–Crippen MR) is 52.4 cm³/mol. The maximum atomic E-state index is 9.47. The van der Waals surface area contributed by atoms with Gasteiger partial charge >= 0.3 is 0 Å². The quantitative estimate of drug-likeness (QED) is 0.581. The third kappa shape index (κ3) is 2.42. The summed E-state index contributed by atoms with van der Waals surface area (Å²) in [5.74, 6) is 0. The van der Waals surface area contributed by atoms with E-state index in [1.807, 2.05) is 0 Å². The van der Waals surface area contributed by atoms with Crippen molar-refractivity contribution in [3.8, 4) is 0 Å². The van der Waals surface area contributed by atoms with E-state index >= 15 is 0 Å². The van der Waals surface area contributed by atoms with Crippen LogP contribution in [0.25, 0.3) is 0 Å². The first-order valence-electron chi connectivity index (χ1n) is 5.43. The minimum atomic E-state index is -0.0694. The van der Waals surface area contributed by atoms with E-state index in [4.69, 9.17) is 5.73 Å². The van der Waals surface area contributed by atoms with Gasteiger partial charge in [-0.2, -0.15) is 0 Å². The molecule has 76 valence electrons. The molecular weight excluding hydrogens is 164 g/mol. The summed E-state index contributed by atoms with van der Waals surface area (Å²) in [4.78, 5) is 0. The summed E-state index contributed by atoms with van der Waals surface area (Å²) >= 11 is 0. The Morgan fingerprint density at radius 3 is 2.46 bits per heavy atom. The summed E-state index contributed by atoms with van der Waals surface area (Å²) in [6, 6.07) is 1.59. The number of hydrogen-bond donors (Lipinski definition) is 3. The normalized spacial score (nSPS) is 45.7. The smallest absolute Gasteiger partial charge is 0.0555 e. The largest absolute Gasteiger partial charge is 0.393 e. The fourth-order valence-corrected chi connectivity index (χ4v) is 2.45. The van der Waals surface area contributed by atoms with E-state index in [-0.39, 0.29) is 6.10 Å². The highest BCUT2D eigenvalue weighted by atomic mass is 16.3. The number of nitrogens with two attached hydrogens (primary N) is 1. The van der Waals surface area contributed by atoms with Crippen LogP contribution in [0.15, 0.2) is 0 Å². The Labute approximate surface area is 79.7 Å². The molecule has 0 heterocycles. The molecule has 3 heteroatoms. The molecule has 0 aromatic rings. The summed E-state index contributed by atoms with van der Waals surface area (Å²) in [6.07, 6.45) is 6.48. The van der Waals surface area contributed by atoms with E-state index in [9.17, 15) is 5.11 Å². The summed E-state index contributed by atoms with van der Waals surface area (Å²) in [6.45, 7) is 0. The zero-order valence-corrected chi connectivity index (χ0v) is 8.08. The van der Waals surface area contributed by atoms with E-state index < -0.39 is 0 Å². The first kappa shape index (κ1) is 9.44. The van der Waals surface area contributed by atoms with Gasteiger partial charge in [0.15, 0.2) is 0 Å². The van der Waals surface area contributed by atoms with Crippen molar-refractivity contribution >= 4 is 0 Å². The van der Waals surface area contributed by atoms with Crippen LogP contribution in [0.1, 0.15) is 38.5 Å². The maximum absolute atomic E-state index is 9.47. The molecule has 2 unspecified atom stereocenters. The lowest BCUT2D eigenvalue weighted by Crippen LogP contribution is -2.52. The lowest BCUT2D eigenvalue weighted by atomic mass is 9.85. The Hall–Kier alpha value is -0.120. The van der Waals surface area contributed by atoms with Crippen molar-refractivity contribution in [1.82, 2.24) is 5.32 Å². The molecule has 0 spiro atoms. The molecule has 0 amide bonds. The molecule has 4 N–H and O–H groups in total. The first-order valence-corrected chi connectivity index (χ1v) is 5.43. The second kappa shape index (κ2) is 3.95. The van der Waals surface area contributed by atoms with Gasteiger partial charge in [0.2, 0.25) is 0 Å². The molecule has 2 rings (SSSR count). The number of nitrogens with one attached hydrogen (secondary N) is 1. The summed E-state index contributed by atoms with van der Waals surface area (Å²) in [5, 5.41) is 13.0. The fourth-order valence-electron chi connectivity index (χ4n) is 2.45. The van der Waals surface area contributed by atoms with Crippen LogP contribution >= 0.6 is 0 Å². The van der Waals surface area contributed by atoms with Gasteiger partial charge in [0.05, 0.1) is 6.10 Å². The molecule has 2 fully saturated rings. The molecule has 0 aliphatic heterocycles. The number of hydrogen-bond acceptors (Lipinski definition) is 3. The monoisotopic (exact) mass is 184 g/mol. The van der Waals surface area contributed by atoms with Crippen LogP contribution in [0.2, 0.25) is 0 Å². The van der Waals surface area contributed by atoms with E-state index in [1.165, 1.54) is 6.42 Å². The molecule has 2 aliphatic carbocycles. The minimum Gasteiger partial charge on any atom is -0.393 e. The molecule has 0 radical (unpaired) electrons. The minimum absolute atomic E-state index is 0.0694. The van der Waals surface area contributed by atoms with Gasteiger partial charge in [0.25, 0.3) is 0 Å². The Bertz CT molecular complexity index is 168. The van der Waals surface area contributed by atoms with Crippen molar-refractivity contribution in [3.63, 3.8) is 0 Å². The zero-order chi connectivity index (χ0) is 9.26. The van der Waals surface area contributed by atoms with E-state index in [2.05, 4.69) is 5.32 Å². The van der Waals surface area contributed by atoms with Crippen LogP contribution in [-0.2, 0) is 0 Å². The van der Waals surface area contributed by atoms with Gasteiger partial charge in [-0.3, -0.25) is 0 Å². The average molecular weight is 184 g/mol. The van der Waals surface area contributed by atoms with Crippen molar-refractivity contribution < 1.29 is 5.11 Å². The average Bonchev–Trinajstić information content (AvgIpc) is 2.01. The van der Waals surface area contributed by atoms with Gasteiger partial charge in [-0.1, -0.05) is 0 Å². The Morgan fingerprint density at radius 2 is 1.85 bits per heavy atom.